The minimum absolute atomic E-state index is 0.0502. The van der Waals surface area contributed by atoms with E-state index in [1.807, 2.05) is 4.90 Å². The smallest absolute Gasteiger partial charge is 0.228 e. The molecule has 0 aliphatic carbocycles. The van der Waals surface area contributed by atoms with Gasteiger partial charge in [0.05, 0.1) is 12.0 Å². The molecule has 1 amide bonds. The standard InChI is InChI=1S/C18H26N2O2/c1-13-4-6-14(7-5-13)17-16(3-2-12-22-17)18(21)20-10-8-15(19)9-11-20/h4-7,15-17H,2-3,8-12,19H2,1H3. The molecule has 1 aromatic rings. The van der Waals surface area contributed by atoms with E-state index in [2.05, 4.69) is 31.2 Å². The molecule has 2 unspecified atom stereocenters. The van der Waals surface area contributed by atoms with Gasteiger partial charge in [-0.05, 0) is 38.2 Å². The van der Waals surface area contributed by atoms with Crippen LogP contribution in [0.3, 0.4) is 0 Å². The molecule has 0 spiro atoms. The van der Waals surface area contributed by atoms with Crippen molar-refractivity contribution >= 4 is 5.91 Å². The lowest BCUT2D eigenvalue weighted by atomic mass is 9.87. The summed E-state index contributed by atoms with van der Waals surface area (Å²) in [5.74, 6) is 0.197. The average Bonchev–Trinajstić information content (AvgIpc) is 2.56. The monoisotopic (exact) mass is 302 g/mol. The summed E-state index contributed by atoms with van der Waals surface area (Å²) in [5, 5.41) is 0. The Hall–Kier alpha value is -1.39. The number of hydrogen-bond acceptors (Lipinski definition) is 3. The SMILES string of the molecule is Cc1ccc(C2OCCCC2C(=O)N2CCC(N)CC2)cc1. The molecule has 2 saturated heterocycles. The van der Waals surface area contributed by atoms with Crippen molar-refractivity contribution in [3.8, 4) is 0 Å². The number of amides is 1. The van der Waals surface area contributed by atoms with Crippen LogP contribution in [0.2, 0.25) is 0 Å². The molecule has 0 radical (unpaired) electrons. The van der Waals surface area contributed by atoms with Gasteiger partial charge in [0.25, 0.3) is 0 Å². The molecular formula is C18H26N2O2. The highest BCUT2D eigenvalue weighted by atomic mass is 16.5. The number of aryl methyl sites for hydroxylation is 1. The third-order valence-corrected chi connectivity index (χ3v) is 4.90. The molecule has 2 aliphatic rings. The molecule has 22 heavy (non-hydrogen) atoms. The zero-order valence-corrected chi connectivity index (χ0v) is 13.3. The van der Waals surface area contributed by atoms with Gasteiger partial charge in [0, 0.05) is 25.7 Å². The summed E-state index contributed by atoms with van der Waals surface area (Å²) in [6.07, 6.45) is 3.60. The van der Waals surface area contributed by atoms with Crippen LogP contribution in [0.1, 0.15) is 42.9 Å². The largest absolute Gasteiger partial charge is 0.373 e. The van der Waals surface area contributed by atoms with Crippen molar-refractivity contribution in [3.05, 3.63) is 35.4 Å². The van der Waals surface area contributed by atoms with Gasteiger partial charge in [-0.15, -0.1) is 0 Å². The van der Waals surface area contributed by atoms with Crippen molar-refractivity contribution in [2.75, 3.05) is 19.7 Å². The molecule has 3 rings (SSSR count). The van der Waals surface area contributed by atoms with Crippen LogP contribution in [0.5, 0.6) is 0 Å². The first kappa shape index (κ1) is 15.5. The van der Waals surface area contributed by atoms with Gasteiger partial charge in [0.15, 0.2) is 0 Å². The number of carbonyl (C=O) groups is 1. The number of likely N-dealkylation sites (tertiary alicyclic amines) is 1. The number of piperidine rings is 1. The maximum absolute atomic E-state index is 12.9. The Morgan fingerprint density at radius 3 is 2.55 bits per heavy atom. The van der Waals surface area contributed by atoms with Crippen LogP contribution in [0.25, 0.3) is 0 Å². The summed E-state index contributed by atoms with van der Waals surface area (Å²) in [7, 11) is 0. The van der Waals surface area contributed by atoms with Crippen molar-refractivity contribution in [1.29, 1.82) is 0 Å². The van der Waals surface area contributed by atoms with Crippen molar-refractivity contribution < 1.29 is 9.53 Å². The van der Waals surface area contributed by atoms with E-state index >= 15 is 0 Å². The third-order valence-electron chi connectivity index (χ3n) is 4.90. The molecule has 2 heterocycles. The lowest BCUT2D eigenvalue weighted by Gasteiger charge is -2.37. The van der Waals surface area contributed by atoms with E-state index in [9.17, 15) is 4.79 Å². The number of ether oxygens (including phenoxy) is 1. The summed E-state index contributed by atoms with van der Waals surface area (Å²) in [6.45, 7) is 4.40. The van der Waals surface area contributed by atoms with E-state index in [0.717, 1.165) is 50.9 Å². The maximum atomic E-state index is 12.9. The number of nitrogens with two attached hydrogens (primary N) is 1. The first-order chi connectivity index (χ1) is 10.6. The molecule has 120 valence electrons. The molecule has 0 bridgehead atoms. The minimum atomic E-state index is -0.0996. The van der Waals surface area contributed by atoms with Gasteiger partial charge in [-0.25, -0.2) is 0 Å². The summed E-state index contributed by atoms with van der Waals surface area (Å²) in [6, 6.07) is 8.62. The van der Waals surface area contributed by atoms with E-state index in [4.69, 9.17) is 10.5 Å². The molecular weight excluding hydrogens is 276 g/mol. The first-order valence-electron chi connectivity index (χ1n) is 8.37. The van der Waals surface area contributed by atoms with E-state index in [1.165, 1.54) is 5.56 Å². The average molecular weight is 302 g/mol. The Kier molecular flexibility index (Phi) is 4.79. The van der Waals surface area contributed by atoms with E-state index in [1.54, 1.807) is 0 Å². The Labute approximate surface area is 132 Å². The van der Waals surface area contributed by atoms with Crippen molar-refractivity contribution in [2.45, 2.75) is 44.8 Å². The predicted molar refractivity (Wildman–Crippen MR) is 86.4 cm³/mol. The third kappa shape index (κ3) is 3.33. The molecule has 4 nitrogen and oxygen atoms in total. The minimum Gasteiger partial charge on any atom is -0.373 e. The molecule has 0 saturated carbocycles. The molecule has 2 fully saturated rings. The number of carbonyl (C=O) groups excluding carboxylic acids is 1. The van der Waals surface area contributed by atoms with E-state index in [-0.39, 0.29) is 24.0 Å². The van der Waals surface area contributed by atoms with Crippen LogP contribution >= 0.6 is 0 Å². The molecule has 1 aromatic carbocycles. The Morgan fingerprint density at radius 1 is 1.18 bits per heavy atom. The fourth-order valence-corrected chi connectivity index (χ4v) is 3.47. The number of rotatable bonds is 2. The van der Waals surface area contributed by atoms with Crippen molar-refractivity contribution in [1.82, 2.24) is 4.90 Å². The number of hydrogen-bond donors (Lipinski definition) is 1. The summed E-state index contributed by atoms with van der Waals surface area (Å²) in [4.78, 5) is 14.9. The Bertz CT molecular complexity index is 506. The number of nitrogens with zero attached hydrogens (tertiary/aromatic N) is 1. The zero-order chi connectivity index (χ0) is 15.5. The maximum Gasteiger partial charge on any atom is 0.228 e. The molecule has 2 aliphatic heterocycles. The van der Waals surface area contributed by atoms with Crippen LogP contribution in [-0.2, 0) is 9.53 Å². The van der Waals surface area contributed by atoms with Gasteiger partial charge < -0.3 is 15.4 Å². The molecule has 2 atom stereocenters. The van der Waals surface area contributed by atoms with Crippen LogP contribution in [0.15, 0.2) is 24.3 Å². The second kappa shape index (κ2) is 6.80. The highest BCUT2D eigenvalue weighted by molar-refractivity contribution is 5.80. The fourth-order valence-electron chi connectivity index (χ4n) is 3.47. The summed E-state index contributed by atoms with van der Waals surface area (Å²) >= 11 is 0. The fraction of sp³-hybridized carbons (Fsp3) is 0.611. The zero-order valence-electron chi connectivity index (χ0n) is 13.3. The topological polar surface area (TPSA) is 55.6 Å². The Balaban J connectivity index is 1.74. The molecule has 4 heteroatoms. The van der Waals surface area contributed by atoms with Crippen LogP contribution in [0, 0.1) is 12.8 Å². The normalized spacial score (nSPS) is 26.9. The van der Waals surface area contributed by atoms with Gasteiger partial charge in [0.2, 0.25) is 5.91 Å². The van der Waals surface area contributed by atoms with Crippen molar-refractivity contribution in [2.24, 2.45) is 11.7 Å². The van der Waals surface area contributed by atoms with Gasteiger partial charge in [0.1, 0.15) is 0 Å². The second-order valence-corrected chi connectivity index (χ2v) is 6.61. The molecule has 2 N–H and O–H groups in total. The van der Waals surface area contributed by atoms with Crippen LogP contribution in [-0.4, -0.2) is 36.5 Å². The van der Waals surface area contributed by atoms with Gasteiger partial charge in [-0.1, -0.05) is 29.8 Å². The van der Waals surface area contributed by atoms with E-state index in [0.29, 0.717) is 0 Å². The summed E-state index contributed by atoms with van der Waals surface area (Å²) in [5.41, 5.74) is 8.30. The van der Waals surface area contributed by atoms with Gasteiger partial charge >= 0.3 is 0 Å². The van der Waals surface area contributed by atoms with Crippen LogP contribution in [0.4, 0.5) is 0 Å². The highest BCUT2D eigenvalue weighted by Gasteiger charge is 2.36. The molecule has 0 aromatic heterocycles. The lowest BCUT2D eigenvalue weighted by Crippen LogP contribution is -2.47. The van der Waals surface area contributed by atoms with Gasteiger partial charge in [-0.2, -0.15) is 0 Å². The number of benzene rings is 1. The quantitative estimate of drug-likeness (QED) is 0.913. The highest BCUT2D eigenvalue weighted by Crippen LogP contribution is 2.35. The predicted octanol–water partition coefficient (Wildman–Crippen LogP) is 2.41. The van der Waals surface area contributed by atoms with Crippen molar-refractivity contribution in [3.63, 3.8) is 0 Å². The van der Waals surface area contributed by atoms with E-state index < -0.39 is 0 Å². The second-order valence-electron chi connectivity index (χ2n) is 6.61. The van der Waals surface area contributed by atoms with Crippen LogP contribution < -0.4 is 5.73 Å². The summed E-state index contributed by atoms with van der Waals surface area (Å²) < 4.78 is 5.98. The Morgan fingerprint density at radius 2 is 1.86 bits per heavy atom. The first-order valence-corrected chi connectivity index (χ1v) is 8.37. The van der Waals surface area contributed by atoms with Gasteiger partial charge in [-0.3, -0.25) is 4.79 Å². The lowest BCUT2D eigenvalue weighted by molar-refractivity contribution is -0.146.